The van der Waals surface area contributed by atoms with E-state index in [0.717, 1.165) is 22.5 Å². The van der Waals surface area contributed by atoms with Crippen molar-refractivity contribution in [2.75, 3.05) is 6.54 Å². The Morgan fingerprint density at radius 2 is 1.82 bits per heavy atom. The van der Waals surface area contributed by atoms with Crippen LogP contribution in [0.2, 0.25) is 0 Å². The fourth-order valence-corrected chi connectivity index (χ4v) is 7.36. The van der Waals surface area contributed by atoms with Crippen LogP contribution in [0.25, 0.3) is 0 Å². The molecule has 3 unspecified atom stereocenters. The summed E-state index contributed by atoms with van der Waals surface area (Å²) >= 11 is 0.316. The first-order valence-electron chi connectivity index (χ1n) is 15.5. The van der Waals surface area contributed by atoms with Gasteiger partial charge in [-0.05, 0) is 54.7 Å². The number of piperidine rings is 1. The molecule has 0 aliphatic carbocycles. The number of halogens is 7. The Morgan fingerprint density at radius 3 is 2.47 bits per heavy atom. The molecule has 3 atom stereocenters. The quantitative estimate of drug-likeness (QED) is 0.233. The van der Waals surface area contributed by atoms with E-state index in [2.05, 4.69) is 4.98 Å². The van der Waals surface area contributed by atoms with Crippen LogP contribution < -0.4 is 4.74 Å². The number of fused-ring (bicyclic) bond motifs is 1. The van der Waals surface area contributed by atoms with Crippen LogP contribution >= 0.6 is 11.3 Å². The lowest BCUT2D eigenvalue weighted by atomic mass is 9.78. The Hall–Kier alpha value is -4.21. The molecule has 0 bridgehead atoms. The van der Waals surface area contributed by atoms with Crippen LogP contribution in [-0.2, 0) is 34.9 Å². The summed E-state index contributed by atoms with van der Waals surface area (Å²) in [6.07, 6.45) is -8.58. The van der Waals surface area contributed by atoms with Gasteiger partial charge in [0, 0.05) is 43.2 Å². The van der Waals surface area contributed by atoms with E-state index in [9.17, 15) is 45.4 Å². The van der Waals surface area contributed by atoms with Crippen LogP contribution in [0.15, 0.2) is 48.0 Å². The smallest absolute Gasteiger partial charge is 0.425 e. The minimum atomic E-state index is -4.95. The molecule has 264 valence electrons. The summed E-state index contributed by atoms with van der Waals surface area (Å²) in [6, 6.07) is 3.95. The second kappa shape index (κ2) is 14.0. The van der Waals surface area contributed by atoms with Gasteiger partial charge in [-0.25, -0.2) is 4.39 Å². The number of carboxylic acids is 1. The number of hydrogen-bond acceptors (Lipinski definition) is 6. The zero-order valence-corrected chi connectivity index (χ0v) is 26.9. The van der Waals surface area contributed by atoms with Gasteiger partial charge in [-0.1, -0.05) is 25.8 Å². The minimum absolute atomic E-state index is 0.00376. The number of alkyl halides is 6. The van der Waals surface area contributed by atoms with E-state index in [1.807, 2.05) is 0 Å². The highest BCUT2D eigenvalue weighted by atomic mass is 32.1. The molecule has 1 N–H and O–H groups in total. The van der Waals surface area contributed by atoms with Gasteiger partial charge in [0.1, 0.15) is 22.1 Å². The Labute approximate surface area is 280 Å². The fraction of sp³-hybridized carbons (Fsp3) is 0.455. The summed E-state index contributed by atoms with van der Waals surface area (Å²) in [5.74, 6) is -4.17. The second-order valence-corrected chi connectivity index (χ2v) is 13.0. The normalized spacial score (nSPS) is 21.3. The lowest BCUT2D eigenvalue weighted by Crippen LogP contribution is -2.69. The number of aromatic nitrogens is 1. The van der Waals surface area contributed by atoms with Crippen molar-refractivity contribution in [2.45, 2.75) is 88.5 Å². The molecule has 49 heavy (non-hydrogen) atoms. The lowest BCUT2D eigenvalue weighted by Gasteiger charge is -2.51. The van der Waals surface area contributed by atoms with Crippen molar-refractivity contribution < 1.29 is 55.0 Å². The largest absolute Gasteiger partial charge is 0.481 e. The van der Waals surface area contributed by atoms with Crippen molar-refractivity contribution in [2.24, 2.45) is 0 Å². The fourth-order valence-electron chi connectivity index (χ4n) is 6.68. The summed E-state index contributed by atoms with van der Waals surface area (Å²) < 4.78 is 103. The van der Waals surface area contributed by atoms with Crippen molar-refractivity contribution in [3.05, 3.63) is 81.1 Å². The molecule has 4 heterocycles. The predicted octanol–water partition coefficient (Wildman–Crippen LogP) is 7.36. The highest BCUT2D eigenvalue weighted by molar-refractivity contribution is 7.10. The van der Waals surface area contributed by atoms with Crippen LogP contribution in [0.5, 0.6) is 5.75 Å². The summed E-state index contributed by atoms with van der Waals surface area (Å²) in [5, 5.41) is 10.8. The average Bonchev–Trinajstić information content (AvgIpc) is 3.51. The van der Waals surface area contributed by atoms with E-state index in [4.69, 9.17) is 4.74 Å². The zero-order valence-electron chi connectivity index (χ0n) is 26.1. The summed E-state index contributed by atoms with van der Waals surface area (Å²) in [5.41, 5.74) is -3.39. The minimum Gasteiger partial charge on any atom is -0.481 e. The first-order valence-corrected chi connectivity index (χ1v) is 16.4. The van der Waals surface area contributed by atoms with Gasteiger partial charge in [-0.15, -0.1) is 11.3 Å². The Kier molecular flexibility index (Phi) is 10.3. The number of rotatable bonds is 9. The summed E-state index contributed by atoms with van der Waals surface area (Å²) in [7, 11) is 0. The molecule has 2 amide bonds. The number of pyridine rings is 1. The van der Waals surface area contributed by atoms with Crippen molar-refractivity contribution in [1.29, 1.82) is 0 Å². The van der Waals surface area contributed by atoms with Crippen molar-refractivity contribution in [3.63, 3.8) is 0 Å². The van der Waals surface area contributed by atoms with Crippen molar-refractivity contribution >= 4 is 29.1 Å². The van der Waals surface area contributed by atoms with Crippen molar-refractivity contribution in [3.8, 4) is 5.75 Å². The first kappa shape index (κ1) is 36.1. The van der Waals surface area contributed by atoms with Crippen molar-refractivity contribution in [1.82, 2.24) is 14.8 Å². The molecule has 16 heteroatoms. The van der Waals surface area contributed by atoms with Gasteiger partial charge in [0.2, 0.25) is 5.60 Å². The molecule has 1 aromatic carbocycles. The van der Waals surface area contributed by atoms with E-state index >= 15 is 4.79 Å². The Balaban J connectivity index is 1.66. The number of amides is 2. The predicted molar refractivity (Wildman–Crippen MR) is 162 cm³/mol. The number of carbonyl (C=O) groups is 3. The van der Waals surface area contributed by atoms with E-state index in [0.29, 0.717) is 47.4 Å². The van der Waals surface area contributed by atoms with Crippen LogP contribution in [0.4, 0.5) is 30.7 Å². The monoisotopic (exact) mass is 715 g/mol. The number of likely N-dealkylation sites (tertiary alicyclic amines) is 1. The molecule has 1 fully saturated rings. The Morgan fingerprint density at radius 1 is 1.06 bits per heavy atom. The maximum atomic E-state index is 15.0. The van der Waals surface area contributed by atoms with Gasteiger partial charge in [-0.3, -0.25) is 19.4 Å². The van der Waals surface area contributed by atoms with Gasteiger partial charge in [-0.2, -0.15) is 26.3 Å². The van der Waals surface area contributed by atoms with Gasteiger partial charge >= 0.3 is 18.3 Å². The summed E-state index contributed by atoms with van der Waals surface area (Å²) in [6.45, 7) is 1.48. The van der Waals surface area contributed by atoms with E-state index < -0.39 is 76.2 Å². The summed E-state index contributed by atoms with van der Waals surface area (Å²) in [4.78, 5) is 46.1. The number of benzene rings is 1. The molecule has 2 aliphatic rings. The topological polar surface area (TPSA) is 100 Å². The Bertz CT molecular complexity index is 1710. The maximum absolute atomic E-state index is 15.0. The first-order chi connectivity index (χ1) is 23.0. The number of aliphatic carboxylic acids is 1. The molecule has 5 rings (SSSR count). The molecule has 0 radical (unpaired) electrons. The molecule has 8 nitrogen and oxygen atoms in total. The second-order valence-electron chi connectivity index (χ2n) is 12.1. The van der Waals surface area contributed by atoms with E-state index in [1.165, 1.54) is 23.1 Å². The number of thiophene rings is 1. The third-order valence-corrected chi connectivity index (χ3v) is 9.82. The molecule has 1 saturated heterocycles. The zero-order chi connectivity index (χ0) is 35.7. The van der Waals surface area contributed by atoms with Gasteiger partial charge in [0.05, 0.1) is 18.0 Å². The molecule has 2 aromatic heterocycles. The highest BCUT2D eigenvalue weighted by Gasteiger charge is 2.57. The molecule has 2 aliphatic heterocycles. The van der Waals surface area contributed by atoms with E-state index in [-0.39, 0.29) is 44.5 Å². The molecule has 0 spiro atoms. The molecular weight excluding hydrogens is 683 g/mol. The molecular formula is C33H32F7N3O5S. The van der Waals surface area contributed by atoms with Gasteiger partial charge < -0.3 is 19.6 Å². The van der Waals surface area contributed by atoms with E-state index in [1.54, 1.807) is 6.92 Å². The van der Waals surface area contributed by atoms with Gasteiger partial charge in [0.15, 0.2) is 0 Å². The number of unbranched alkanes of at least 4 members (excludes halogenated alkanes) is 1. The molecule has 3 aromatic rings. The average molecular weight is 716 g/mol. The van der Waals surface area contributed by atoms with Crippen LogP contribution in [0.3, 0.4) is 0 Å². The number of carboxylic acid groups (broad SMARTS) is 1. The maximum Gasteiger partial charge on any atom is 0.425 e. The number of hydrogen-bond donors (Lipinski definition) is 1. The highest BCUT2D eigenvalue weighted by Crippen LogP contribution is 2.44. The number of nitrogens with zero attached hydrogens (tertiary/aromatic N) is 3. The third kappa shape index (κ3) is 7.53. The van der Waals surface area contributed by atoms with Crippen LogP contribution in [0, 0.1) is 5.82 Å². The number of ether oxygens (including phenoxy) is 1. The lowest BCUT2D eigenvalue weighted by molar-refractivity contribution is -0.164. The third-order valence-electron chi connectivity index (χ3n) is 8.86. The SMILES string of the molecule is CCCCC1N(C(=O)c2ncccc2C(F)(F)F)CCCC1(Oc1csc(C(F)(F)F)c1)C(=O)N1Cc2ccc(F)cc2CC1CC(=O)O. The molecule has 0 saturated carbocycles. The van der Waals surface area contributed by atoms with Crippen LogP contribution in [0.1, 0.15) is 77.5 Å². The van der Waals surface area contributed by atoms with Crippen LogP contribution in [-0.4, -0.2) is 61.9 Å². The number of carbonyl (C=O) groups excluding carboxylic acids is 2. The standard InChI is InChI=1S/C33H32F7N3O5S/c1-2-3-7-25-31(48-23-16-26(49-18-23)33(38,39)40,10-5-12-42(25)29(46)28-24(32(35,36)37)6-4-11-41-28)30(47)43-17-19-8-9-21(34)13-20(19)14-22(43)15-27(44)45/h4,6,8-9,11,13,16,18,22,25H,2-3,5,7,10,12,14-15,17H2,1H3,(H,44,45). The van der Waals surface area contributed by atoms with Gasteiger partial charge in [0.25, 0.3) is 11.8 Å².